The van der Waals surface area contributed by atoms with E-state index in [-0.39, 0.29) is 22.3 Å². The van der Waals surface area contributed by atoms with E-state index in [1.54, 1.807) is 0 Å². The summed E-state index contributed by atoms with van der Waals surface area (Å²) in [5, 5.41) is 10.6. The minimum Gasteiger partial charge on any atom is -0.295 e. The van der Waals surface area contributed by atoms with Crippen LogP contribution in [0, 0.1) is 10.1 Å². The standard InChI is InChI=1S/C11H7Cl2N3O4/c12-8-3-7(16(19)20)2-1-6(8)4-15-5-9(13)10(17)14-11(15)18/h1-3,5H,4H2,(H,14,17,18). The van der Waals surface area contributed by atoms with Crippen LogP contribution < -0.4 is 11.2 Å². The lowest BCUT2D eigenvalue weighted by atomic mass is 10.2. The van der Waals surface area contributed by atoms with Crippen molar-refractivity contribution >= 4 is 28.9 Å². The van der Waals surface area contributed by atoms with Gasteiger partial charge in [0, 0.05) is 18.3 Å². The summed E-state index contributed by atoms with van der Waals surface area (Å²) in [6.07, 6.45) is 1.18. The van der Waals surface area contributed by atoms with Gasteiger partial charge in [0.15, 0.2) is 0 Å². The van der Waals surface area contributed by atoms with Gasteiger partial charge >= 0.3 is 5.69 Å². The first kappa shape index (κ1) is 14.3. The molecule has 2 rings (SSSR count). The number of nitro benzene ring substituents is 1. The van der Waals surface area contributed by atoms with Crippen LogP contribution in [0.5, 0.6) is 0 Å². The minimum atomic E-state index is -0.678. The van der Waals surface area contributed by atoms with Crippen LogP contribution in [0.3, 0.4) is 0 Å². The van der Waals surface area contributed by atoms with E-state index in [2.05, 4.69) is 0 Å². The normalized spacial score (nSPS) is 10.5. The van der Waals surface area contributed by atoms with Crippen LogP contribution in [0.15, 0.2) is 34.0 Å². The number of hydrogen-bond donors (Lipinski definition) is 1. The molecule has 1 aromatic heterocycles. The molecule has 7 nitrogen and oxygen atoms in total. The molecule has 0 saturated heterocycles. The van der Waals surface area contributed by atoms with Crippen molar-refractivity contribution in [2.45, 2.75) is 6.54 Å². The Hall–Kier alpha value is -2.12. The summed E-state index contributed by atoms with van der Waals surface area (Å²) in [7, 11) is 0. The molecule has 0 radical (unpaired) electrons. The lowest BCUT2D eigenvalue weighted by Gasteiger charge is -2.07. The summed E-state index contributed by atoms with van der Waals surface area (Å²) >= 11 is 11.6. The van der Waals surface area contributed by atoms with Crippen molar-refractivity contribution in [1.82, 2.24) is 9.55 Å². The second kappa shape index (κ2) is 5.48. The number of nitrogens with one attached hydrogen (secondary N) is 1. The topological polar surface area (TPSA) is 98.0 Å². The van der Waals surface area contributed by atoms with Crippen LogP contribution in [0.1, 0.15) is 5.56 Å². The number of H-pyrrole nitrogens is 1. The molecule has 0 bridgehead atoms. The monoisotopic (exact) mass is 315 g/mol. The molecule has 0 aliphatic carbocycles. The molecule has 104 valence electrons. The molecule has 0 saturated carbocycles. The smallest absolute Gasteiger partial charge is 0.295 e. The Balaban J connectivity index is 2.40. The van der Waals surface area contributed by atoms with Gasteiger partial charge in [0.2, 0.25) is 0 Å². The summed E-state index contributed by atoms with van der Waals surface area (Å²) in [4.78, 5) is 34.8. The summed E-state index contributed by atoms with van der Waals surface area (Å²) in [5.41, 5.74) is -0.982. The molecule has 9 heteroatoms. The molecule has 0 aliphatic heterocycles. The Morgan fingerprint density at radius 3 is 2.55 bits per heavy atom. The van der Waals surface area contributed by atoms with E-state index in [0.29, 0.717) is 5.56 Å². The average Bonchev–Trinajstić information content (AvgIpc) is 2.37. The van der Waals surface area contributed by atoms with Crippen LogP contribution in [-0.2, 0) is 6.54 Å². The summed E-state index contributed by atoms with van der Waals surface area (Å²) < 4.78 is 1.15. The molecule has 1 N–H and O–H groups in total. The summed E-state index contributed by atoms with van der Waals surface area (Å²) in [5.74, 6) is 0. The highest BCUT2D eigenvalue weighted by Crippen LogP contribution is 2.22. The van der Waals surface area contributed by atoms with Crippen molar-refractivity contribution in [2.75, 3.05) is 0 Å². The summed E-state index contributed by atoms with van der Waals surface area (Å²) in [6, 6.07) is 3.90. The maximum Gasteiger partial charge on any atom is 0.328 e. The van der Waals surface area contributed by atoms with E-state index in [1.165, 1.54) is 24.4 Å². The van der Waals surface area contributed by atoms with Crippen molar-refractivity contribution in [1.29, 1.82) is 0 Å². The highest BCUT2D eigenvalue weighted by Gasteiger charge is 2.11. The zero-order chi connectivity index (χ0) is 14.9. The van der Waals surface area contributed by atoms with Crippen molar-refractivity contribution in [3.63, 3.8) is 0 Å². The van der Waals surface area contributed by atoms with E-state index in [9.17, 15) is 19.7 Å². The molecule has 0 amide bonds. The predicted molar refractivity (Wildman–Crippen MR) is 73.5 cm³/mol. The molecule has 1 aromatic carbocycles. The average molecular weight is 316 g/mol. The van der Waals surface area contributed by atoms with E-state index in [0.717, 1.165) is 4.57 Å². The van der Waals surface area contributed by atoms with Gasteiger partial charge in [-0.3, -0.25) is 24.5 Å². The molecule has 0 unspecified atom stereocenters. The van der Waals surface area contributed by atoms with Crippen LogP contribution in [-0.4, -0.2) is 14.5 Å². The Bertz CT molecular complexity index is 797. The van der Waals surface area contributed by atoms with Gasteiger partial charge in [-0.25, -0.2) is 4.79 Å². The van der Waals surface area contributed by atoms with E-state index in [4.69, 9.17) is 23.2 Å². The highest BCUT2D eigenvalue weighted by molar-refractivity contribution is 6.31. The molecule has 0 spiro atoms. The lowest BCUT2D eigenvalue weighted by molar-refractivity contribution is -0.384. The lowest BCUT2D eigenvalue weighted by Crippen LogP contribution is -2.30. The highest BCUT2D eigenvalue weighted by atomic mass is 35.5. The third-order valence-electron chi connectivity index (χ3n) is 2.56. The van der Waals surface area contributed by atoms with Gasteiger partial charge in [0.05, 0.1) is 16.5 Å². The number of aromatic nitrogens is 2. The number of rotatable bonds is 3. The Morgan fingerprint density at radius 1 is 1.25 bits per heavy atom. The zero-order valence-electron chi connectivity index (χ0n) is 9.80. The third kappa shape index (κ3) is 2.89. The Labute approximate surface area is 121 Å². The number of benzene rings is 1. The van der Waals surface area contributed by atoms with Gasteiger partial charge < -0.3 is 0 Å². The van der Waals surface area contributed by atoms with Crippen molar-refractivity contribution in [3.8, 4) is 0 Å². The number of nitrogens with zero attached hydrogens (tertiary/aromatic N) is 2. The minimum absolute atomic E-state index is 0.0339. The van der Waals surface area contributed by atoms with Crippen LogP contribution in [0.4, 0.5) is 5.69 Å². The molecule has 2 aromatic rings. The SMILES string of the molecule is O=c1[nH]c(=O)n(Cc2ccc([N+](=O)[O-])cc2Cl)cc1Cl. The first-order valence-electron chi connectivity index (χ1n) is 5.30. The molecular weight excluding hydrogens is 309 g/mol. The Morgan fingerprint density at radius 2 is 1.95 bits per heavy atom. The number of aromatic amines is 1. The van der Waals surface area contributed by atoms with Gasteiger partial charge in [-0.1, -0.05) is 23.2 Å². The van der Waals surface area contributed by atoms with Crippen LogP contribution >= 0.6 is 23.2 Å². The van der Waals surface area contributed by atoms with Crippen molar-refractivity contribution < 1.29 is 4.92 Å². The fourth-order valence-corrected chi connectivity index (χ4v) is 1.96. The zero-order valence-corrected chi connectivity index (χ0v) is 11.3. The quantitative estimate of drug-likeness (QED) is 0.689. The van der Waals surface area contributed by atoms with Crippen LogP contribution in [0.25, 0.3) is 0 Å². The maximum atomic E-state index is 11.6. The third-order valence-corrected chi connectivity index (χ3v) is 3.18. The molecule has 0 atom stereocenters. The molecular formula is C11H7Cl2N3O4. The fourth-order valence-electron chi connectivity index (χ4n) is 1.56. The molecule has 1 heterocycles. The Kier molecular flexibility index (Phi) is 3.91. The number of nitro groups is 1. The fraction of sp³-hybridized carbons (Fsp3) is 0.0909. The summed E-state index contributed by atoms with van der Waals surface area (Å²) in [6.45, 7) is 0.0339. The maximum absolute atomic E-state index is 11.6. The number of non-ortho nitro benzene ring substituents is 1. The molecule has 0 aliphatic rings. The first-order chi connectivity index (χ1) is 9.38. The van der Waals surface area contributed by atoms with Gasteiger partial charge in [-0.05, 0) is 11.6 Å². The second-order valence-corrected chi connectivity index (χ2v) is 4.71. The molecule has 20 heavy (non-hydrogen) atoms. The van der Waals surface area contributed by atoms with Gasteiger partial charge in [-0.2, -0.15) is 0 Å². The number of halogens is 2. The second-order valence-electron chi connectivity index (χ2n) is 3.90. The van der Waals surface area contributed by atoms with E-state index < -0.39 is 16.2 Å². The number of hydrogen-bond acceptors (Lipinski definition) is 4. The van der Waals surface area contributed by atoms with Gasteiger partial charge in [-0.15, -0.1) is 0 Å². The largest absolute Gasteiger partial charge is 0.328 e. The van der Waals surface area contributed by atoms with E-state index in [1.807, 2.05) is 4.98 Å². The van der Waals surface area contributed by atoms with Crippen LogP contribution in [0.2, 0.25) is 10.0 Å². The van der Waals surface area contributed by atoms with Gasteiger partial charge in [0.1, 0.15) is 5.02 Å². The predicted octanol–water partition coefficient (Wildman–Crippen LogP) is 1.80. The van der Waals surface area contributed by atoms with E-state index >= 15 is 0 Å². The van der Waals surface area contributed by atoms with Crippen molar-refractivity contribution in [2.24, 2.45) is 0 Å². The van der Waals surface area contributed by atoms with Crippen molar-refractivity contribution in [3.05, 3.63) is 71.0 Å². The first-order valence-corrected chi connectivity index (χ1v) is 6.06. The van der Waals surface area contributed by atoms with Gasteiger partial charge in [0.25, 0.3) is 11.2 Å². The molecule has 0 fully saturated rings.